The molecule has 1 aliphatic carbocycles. The van der Waals surface area contributed by atoms with Crippen molar-refractivity contribution in [3.8, 4) is 0 Å². The highest BCUT2D eigenvalue weighted by Crippen LogP contribution is 2.32. The SMILES string of the molecule is Cc1cccc(NC2CCCC(C(=O)O)C2)c1[N+](=O)[O-]. The molecule has 0 saturated heterocycles. The number of anilines is 1. The van der Waals surface area contributed by atoms with Gasteiger partial charge in [0, 0.05) is 11.6 Å². The molecule has 1 aromatic carbocycles. The predicted octanol–water partition coefficient (Wildman–Crippen LogP) is 2.96. The minimum atomic E-state index is -0.782. The summed E-state index contributed by atoms with van der Waals surface area (Å²) in [5.74, 6) is -1.14. The van der Waals surface area contributed by atoms with Gasteiger partial charge in [0.1, 0.15) is 5.69 Å². The highest BCUT2D eigenvalue weighted by atomic mass is 16.6. The van der Waals surface area contributed by atoms with Crippen LogP contribution in [0.3, 0.4) is 0 Å². The van der Waals surface area contributed by atoms with Gasteiger partial charge in [0.05, 0.1) is 10.8 Å². The second kappa shape index (κ2) is 5.90. The van der Waals surface area contributed by atoms with Crippen molar-refractivity contribution in [3.63, 3.8) is 0 Å². The summed E-state index contributed by atoms with van der Waals surface area (Å²) in [6, 6.07) is 5.12. The predicted molar refractivity (Wildman–Crippen MR) is 74.8 cm³/mol. The second-order valence-electron chi connectivity index (χ2n) is 5.27. The van der Waals surface area contributed by atoms with Gasteiger partial charge in [0.2, 0.25) is 0 Å². The van der Waals surface area contributed by atoms with Crippen LogP contribution >= 0.6 is 0 Å². The Labute approximate surface area is 117 Å². The fraction of sp³-hybridized carbons (Fsp3) is 0.500. The van der Waals surface area contributed by atoms with Crippen LogP contribution in [0.4, 0.5) is 11.4 Å². The summed E-state index contributed by atoms with van der Waals surface area (Å²) in [5.41, 5.74) is 1.15. The van der Waals surface area contributed by atoms with Crippen LogP contribution in [0, 0.1) is 23.0 Å². The van der Waals surface area contributed by atoms with Gasteiger partial charge in [0.15, 0.2) is 0 Å². The number of nitro groups is 1. The molecule has 0 bridgehead atoms. The number of rotatable bonds is 4. The van der Waals surface area contributed by atoms with Crippen molar-refractivity contribution in [2.45, 2.75) is 38.6 Å². The van der Waals surface area contributed by atoms with Crippen molar-refractivity contribution < 1.29 is 14.8 Å². The number of hydrogen-bond donors (Lipinski definition) is 2. The van der Waals surface area contributed by atoms with Gasteiger partial charge >= 0.3 is 5.97 Å². The Hall–Kier alpha value is -2.11. The number of carbonyl (C=O) groups is 1. The van der Waals surface area contributed by atoms with Crippen LogP contribution < -0.4 is 5.32 Å². The lowest BCUT2D eigenvalue weighted by molar-refractivity contribution is -0.384. The van der Waals surface area contributed by atoms with Crippen molar-refractivity contribution in [3.05, 3.63) is 33.9 Å². The summed E-state index contributed by atoms with van der Waals surface area (Å²) in [6.07, 6.45) is 2.87. The molecule has 6 nitrogen and oxygen atoms in total. The average Bonchev–Trinajstić information content (AvgIpc) is 2.38. The first-order chi connectivity index (χ1) is 9.49. The molecule has 0 aromatic heterocycles. The van der Waals surface area contributed by atoms with Crippen molar-refractivity contribution in [1.82, 2.24) is 0 Å². The molecular weight excluding hydrogens is 260 g/mol. The van der Waals surface area contributed by atoms with E-state index in [1.165, 1.54) is 0 Å². The number of nitro benzene ring substituents is 1. The van der Waals surface area contributed by atoms with E-state index < -0.39 is 10.9 Å². The smallest absolute Gasteiger partial charge is 0.306 e. The highest BCUT2D eigenvalue weighted by molar-refractivity contribution is 5.70. The molecule has 0 heterocycles. The monoisotopic (exact) mass is 278 g/mol. The maximum atomic E-state index is 11.1. The molecule has 2 unspecified atom stereocenters. The van der Waals surface area contributed by atoms with E-state index in [1.807, 2.05) is 0 Å². The van der Waals surface area contributed by atoms with Crippen LogP contribution in [-0.4, -0.2) is 22.0 Å². The number of hydrogen-bond acceptors (Lipinski definition) is 4. The number of carboxylic acids is 1. The molecule has 108 valence electrons. The molecule has 0 radical (unpaired) electrons. The van der Waals surface area contributed by atoms with Gasteiger partial charge in [-0.15, -0.1) is 0 Å². The fourth-order valence-corrected chi connectivity index (χ4v) is 2.78. The fourth-order valence-electron chi connectivity index (χ4n) is 2.78. The number of aryl methyl sites for hydroxylation is 1. The highest BCUT2D eigenvalue weighted by Gasteiger charge is 2.28. The van der Waals surface area contributed by atoms with E-state index in [-0.39, 0.29) is 17.6 Å². The molecule has 1 saturated carbocycles. The zero-order valence-electron chi connectivity index (χ0n) is 11.3. The third-order valence-electron chi connectivity index (χ3n) is 3.80. The van der Waals surface area contributed by atoms with E-state index in [2.05, 4.69) is 5.32 Å². The van der Waals surface area contributed by atoms with Gasteiger partial charge in [-0.3, -0.25) is 14.9 Å². The van der Waals surface area contributed by atoms with Crippen LogP contribution in [0.5, 0.6) is 0 Å². The van der Waals surface area contributed by atoms with Gasteiger partial charge in [-0.1, -0.05) is 18.6 Å². The summed E-state index contributed by atoms with van der Waals surface area (Å²) in [5, 5.41) is 23.4. The van der Waals surface area contributed by atoms with Crippen molar-refractivity contribution in [2.75, 3.05) is 5.32 Å². The molecule has 0 spiro atoms. The van der Waals surface area contributed by atoms with E-state index in [9.17, 15) is 14.9 Å². The quantitative estimate of drug-likeness (QED) is 0.652. The number of nitrogens with zero attached hydrogens (tertiary/aromatic N) is 1. The molecule has 0 amide bonds. The third-order valence-corrected chi connectivity index (χ3v) is 3.80. The molecule has 20 heavy (non-hydrogen) atoms. The van der Waals surface area contributed by atoms with Crippen molar-refractivity contribution in [1.29, 1.82) is 0 Å². The van der Waals surface area contributed by atoms with Gasteiger partial charge in [0.25, 0.3) is 5.69 Å². The van der Waals surface area contributed by atoms with Gasteiger partial charge in [-0.2, -0.15) is 0 Å². The molecular formula is C14H18N2O4. The first-order valence-corrected chi connectivity index (χ1v) is 6.72. The number of nitrogens with one attached hydrogen (secondary N) is 1. The van der Waals surface area contributed by atoms with Crippen molar-refractivity contribution in [2.24, 2.45) is 5.92 Å². The molecule has 2 N–H and O–H groups in total. The summed E-state index contributed by atoms with van der Waals surface area (Å²) in [7, 11) is 0. The molecule has 2 atom stereocenters. The third kappa shape index (κ3) is 3.07. The molecule has 2 rings (SSSR count). The Balaban J connectivity index is 2.16. The number of para-hydroxylation sites is 1. The summed E-state index contributed by atoms with van der Waals surface area (Å²) < 4.78 is 0. The van der Waals surface area contributed by atoms with E-state index in [0.29, 0.717) is 24.1 Å². The summed E-state index contributed by atoms with van der Waals surface area (Å²) in [4.78, 5) is 21.8. The zero-order chi connectivity index (χ0) is 14.7. The van der Waals surface area contributed by atoms with E-state index in [1.54, 1.807) is 25.1 Å². The molecule has 0 aliphatic heterocycles. The standard InChI is InChI=1S/C14H18N2O4/c1-9-4-2-7-12(13(9)16(19)20)15-11-6-3-5-10(8-11)14(17)18/h2,4,7,10-11,15H,3,5-6,8H2,1H3,(H,17,18). The first-order valence-electron chi connectivity index (χ1n) is 6.72. The lowest BCUT2D eigenvalue weighted by atomic mass is 9.85. The number of carboxylic acid groups (broad SMARTS) is 1. The molecule has 6 heteroatoms. The minimum Gasteiger partial charge on any atom is -0.481 e. The van der Waals surface area contributed by atoms with Crippen LogP contribution in [0.1, 0.15) is 31.2 Å². The van der Waals surface area contributed by atoms with Crippen LogP contribution in [0.15, 0.2) is 18.2 Å². The van der Waals surface area contributed by atoms with E-state index in [0.717, 1.165) is 12.8 Å². The topological polar surface area (TPSA) is 92.5 Å². The molecule has 1 fully saturated rings. The van der Waals surface area contributed by atoms with Crippen LogP contribution in [0.2, 0.25) is 0 Å². The Morgan fingerprint density at radius 2 is 2.20 bits per heavy atom. The Kier molecular flexibility index (Phi) is 4.22. The van der Waals surface area contributed by atoms with E-state index in [4.69, 9.17) is 5.11 Å². The maximum Gasteiger partial charge on any atom is 0.306 e. The maximum absolute atomic E-state index is 11.1. The number of aliphatic carboxylic acids is 1. The Morgan fingerprint density at radius 1 is 1.45 bits per heavy atom. The molecule has 1 aromatic rings. The van der Waals surface area contributed by atoms with E-state index >= 15 is 0 Å². The van der Waals surface area contributed by atoms with Crippen molar-refractivity contribution >= 4 is 17.3 Å². The first kappa shape index (κ1) is 14.3. The largest absolute Gasteiger partial charge is 0.481 e. The minimum absolute atomic E-state index is 0.0228. The molecule has 1 aliphatic rings. The van der Waals surface area contributed by atoms with Gasteiger partial charge in [-0.25, -0.2) is 0 Å². The summed E-state index contributed by atoms with van der Waals surface area (Å²) >= 11 is 0. The normalized spacial score (nSPS) is 22.2. The van der Waals surface area contributed by atoms with Gasteiger partial charge < -0.3 is 10.4 Å². The average molecular weight is 278 g/mol. The van der Waals surface area contributed by atoms with Crippen LogP contribution in [-0.2, 0) is 4.79 Å². The van der Waals surface area contributed by atoms with Crippen LogP contribution in [0.25, 0.3) is 0 Å². The van der Waals surface area contributed by atoms with Gasteiger partial charge in [-0.05, 0) is 32.3 Å². The lowest BCUT2D eigenvalue weighted by Crippen LogP contribution is -2.31. The summed E-state index contributed by atoms with van der Waals surface area (Å²) in [6.45, 7) is 1.70. The zero-order valence-corrected chi connectivity index (χ0v) is 11.3. The Morgan fingerprint density at radius 3 is 2.85 bits per heavy atom. The number of benzene rings is 1. The Bertz CT molecular complexity index is 530. The lowest BCUT2D eigenvalue weighted by Gasteiger charge is -2.28. The second-order valence-corrected chi connectivity index (χ2v) is 5.27.